The average molecular weight is 334 g/mol. The molecule has 4 heteroatoms. The highest BCUT2D eigenvalue weighted by molar-refractivity contribution is 9.10. The summed E-state index contributed by atoms with van der Waals surface area (Å²) in [5, 5.41) is 9.07. The molecule has 0 amide bonds. The summed E-state index contributed by atoms with van der Waals surface area (Å²) in [6.07, 6.45) is 0. The van der Waals surface area contributed by atoms with Gasteiger partial charge in [-0.25, -0.2) is 0 Å². The van der Waals surface area contributed by atoms with Crippen molar-refractivity contribution in [3.05, 3.63) is 64.1 Å². The molecule has 0 atom stereocenters. The average Bonchev–Trinajstić information content (AvgIpc) is 2.43. The molecular formula is C16H16BrNO2. The molecule has 0 aliphatic rings. The van der Waals surface area contributed by atoms with E-state index in [2.05, 4.69) is 22.0 Å². The Labute approximate surface area is 127 Å². The summed E-state index contributed by atoms with van der Waals surface area (Å²) in [6.45, 7) is 2.58. The van der Waals surface area contributed by atoms with Crippen molar-refractivity contribution in [2.45, 2.75) is 13.5 Å². The Kier molecular flexibility index (Phi) is 4.79. The molecular weight excluding hydrogens is 318 g/mol. The molecule has 0 fully saturated rings. The minimum absolute atomic E-state index is 0.0148. The topological polar surface area (TPSA) is 40.5 Å². The first-order valence-corrected chi connectivity index (χ1v) is 7.12. The number of hydrogen-bond acceptors (Lipinski definition) is 2. The third-order valence-corrected chi connectivity index (χ3v) is 3.93. The molecule has 0 aliphatic heterocycles. The lowest BCUT2D eigenvalue weighted by molar-refractivity contribution is -0.135. The van der Waals surface area contributed by atoms with Crippen LogP contribution in [-0.2, 0) is 11.3 Å². The van der Waals surface area contributed by atoms with Crippen molar-refractivity contribution in [1.29, 1.82) is 0 Å². The first-order valence-electron chi connectivity index (χ1n) is 6.33. The molecule has 0 heterocycles. The van der Waals surface area contributed by atoms with Crippen LogP contribution in [0.25, 0.3) is 0 Å². The molecule has 20 heavy (non-hydrogen) atoms. The second kappa shape index (κ2) is 6.57. The third-order valence-electron chi connectivity index (χ3n) is 3.04. The number of halogens is 1. The summed E-state index contributed by atoms with van der Waals surface area (Å²) in [6, 6.07) is 15.7. The van der Waals surface area contributed by atoms with Gasteiger partial charge in [0.05, 0.1) is 0 Å². The largest absolute Gasteiger partial charge is 0.480 e. The van der Waals surface area contributed by atoms with E-state index in [-0.39, 0.29) is 6.54 Å². The molecule has 0 radical (unpaired) electrons. The second-order valence-corrected chi connectivity index (χ2v) is 5.52. The predicted octanol–water partition coefficient (Wildman–Crippen LogP) is 3.85. The van der Waals surface area contributed by atoms with Gasteiger partial charge in [0.2, 0.25) is 0 Å². The fourth-order valence-corrected chi connectivity index (χ4v) is 2.31. The van der Waals surface area contributed by atoms with Gasteiger partial charge < -0.3 is 10.0 Å². The van der Waals surface area contributed by atoms with Crippen LogP contribution < -0.4 is 4.90 Å². The van der Waals surface area contributed by atoms with Gasteiger partial charge in [0.1, 0.15) is 6.54 Å². The zero-order valence-electron chi connectivity index (χ0n) is 11.2. The van der Waals surface area contributed by atoms with Gasteiger partial charge in [0, 0.05) is 16.7 Å². The van der Waals surface area contributed by atoms with Crippen molar-refractivity contribution in [2.24, 2.45) is 0 Å². The van der Waals surface area contributed by atoms with E-state index in [0.29, 0.717) is 6.54 Å². The van der Waals surface area contributed by atoms with Gasteiger partial charge in [0.15, 0.2) is 0 Å². The number of carboxylic acid groups (broad SMARTS) is 1. The van der Waals surface area contributed by atoms with Crippen LogP contribution >= 0.6 is 15.9 Å². The van der Waals surface area contributed by atoms with Gasteiger partial charge in [-0.05, 0) is 36.2 Å². The normalized spacial score (nSPS) is 10.3. The van der Waals surface area contributed by atoms with E-state index in [1.165, 1.54) is 0 Å². The SMILES string of the molecule is Cc1cc(CN(CC(=O)O)c2ccccc2)ccc1Br. The van der Waals surface area contributed by atoms with Gasteiger partial charge in [-0.1, -0.05) is 46.3 Å². The highest BCUT2D eigenvalue weighted by Crippen LogP contribution is 2.21. The monoisotopic (exact) mass is 333 g/mol. The lowest BCUT2D eigenvalue weighted by Gasteiger charge is -2.23. The number of rotatable bonds is 5. The van der Waals surface area contributed by atoms with E-state index < -0.39 is 5.97 Å². The Balaban J connectivity index is 2.23. The van der Waals surface area contributed by atoms with E-state index in [1.54, 1.807) is 0 Å². The van der Waals surface area contributed by atoms with Crippen LogP contribution in [0.5, 0.6) is 0 Å². The van der Waals surface area contributed by atoms with Crippen LogP contribution in [0.4, 0.5) is 5.69 Å². The minimum Gasteiger partial charge on any atom is -0.480 e. The molecule has 0 unspecified atom stereocenters. The fourth-order valence-electron chi connectivity index (χ4n) is 2.07. The first-order chi connectivity index (χ1) is 9.56. The van der Waals surface area contributed by atoms with Gasteiger partial charge in [-0.3, -0.25) is 4.79 Å². The van der Waals surface area contributed by atoms with Crippen molar-refractivity contribution >= 4 is 27.6 Å². The van der Waals surface area contributed by atoms with E-state index >= 15 is 0 Å². The summed E-state index contributed by atoms with van der Waals surface area (Å²) < 4.78 is 1.06. The van der Waals surface area contributed by atoms with Gasteiger partial charge in [0.25, 0.3) is 0 Å². The Morgan fingerprint density at radius 1 is 1.20 bits per heavy atom. The molecule has 3 nitrogen and oxygen atoms in total. The number of nitrogens with zero attached hydrogens (tertiary/aromatic N) is 1. The Hall–Kier alpha value is -1.81. The van der Waals surface area contributed by atoms with Crippen LogP contribution in [0.1, 0.15) is 11.1 Å². The summed E-state index contributed by atoms with van der Waals surface area (Å²) >= 11 is 3.47. The lowest BCUT2D eigenvalue weighted by Crippen LogP contribution is -2.29. The molecule has 2 aromatic carbocycles. The number of hydrogen-bond donors (Lipinski definition) is 1. The summed E-state index contributed by atoms with van der Waals surface area (Å²) in [5.41, 5.74) is 3.15. The maximum atomic E-state index is 11.0. The van der Waals surface area contributed by atoms with E-state index in [0.717, 1.165) is 21.3 Å². The van der Waals surface area contributed by atoms with Crippen molar-refractivity contribution in [1.82, 2.24) is 0 Å². The molecule has 104 valence electrons. The first kappa shape index (κ1) is 14.6. The smallest absolute Gasteiger partial charge is 0.323 e. The fraction of sp³-hybridized carbons (Fsp3) is 0.188. The third kappa shape index (κ3) is 3.84. The van der Waals surface area contributed by atoms with Crippen LogP contribution in [0.2, 0.25) is 0 Å². The Morgan fingerprint density at radius 2 is 1.90 bits per heavy atom. The number of carbonyl (C=O) groups is 1. The lowest BCUT2D eigenvalue weighted by atomic mass is 10.1. The molecule has 0 spiro atoms. The predicted molar refractivity (Wildman–Crippen MR) is 84.0 cm³/mol. The van der Waals surface area contributed by atoms with E-state index in [4.69, 9.17) is 5.11 Å². The summed E-state index contributed by atoms with van der Waals surface area (Å²) in [5.74, 6) is -0.831. The molecule has 0 saturated carbocycles. The zero-order chi connectivity index (χ0) is 14.5. The standard InChI is InChI=1S/C16H16BrNO2/c1-12-9-13(7-8-15(12)17)10-18(11-16(19)20)14-5-3-2-4-6-14/h2-9H,10-11H2,1H3,(H,19,20). The van der Waals surface area contributed by atoms with Crippen LogP contribution in [-0.4, -0.2) is 17.6 Å². The van der Waals surface area contributed by atoms with Crippen molar-refractivity contribution in [3.63, 3.8) is 0 Å². The minimum atomic E-state index is -0.831. The number of carboxylic acids is 1. The molecule has 2 aromatic rings. The summed E-state index contributed by atoms with van der Waals surface area (Å²) in [7, 11) is 0. The van der Waals surface area contributed by atoms with Gasteiger partial charge in [-0.2, -0.15) is 0 Å². The molecule has 0 saturated heterocycles. The zero-order valence-corrected chi connectivity index (χ0v) is 12.8. The number of benzene rings is 2. The summed E-state index contributed by atoms with van der Waals surface area (Å²) in [4.78, 5) is 12.9. The number of aliphatic carboxylic acids is 1. The van der Waals surface area contributed by atoms with Gasteiger partial charge >= 0.3 is 5.97 Å². The molecule has 2 rings (SSSR count). The van der Waals surface area contributed by atoms with E-state index in [9.17, 15) is 4.79 Å². The Morgan fingerprint density at radius 3 is 2.50 bits per heavy atom. The number of aryl methyl sites for hydroxylation is 1. The van der Waals surface area contributed by atoms with Gasteiger partial charge in [-0.15, -0.1) is 0 Å². The highest BCUT2D eigenvalue weighted by Gasteiger charge is 2.11. The van der Waals surface area contributed by atoms with E-state index in [1.807, 2.05) is 54.3 Å². The molecule has 0 bridgehead atoms. The van der Waals surface area contributed by atoms with Crippen LogP contribution in [0.15, 0.2) is 53.0 Å². The maximum Gasteiger partial charge on any atom is 0.323 e. The number of anilines is 1. The van der Waals surface area contributed by atoms with Crippen LogP contribution in [0.3, 0.4) is 0 Å². The molecule has 1 N–H and O–H groups in total. The Bertz CT molecular complexity index is 599. The second-order valence-electron chi connectivity index (χ2n) is 4.67. The number of para-hydroxylation sites is 1. The highest BCUT2D eigenvalue weighted by atomic mass is 79.9. The maximum absolute atomic E-state index is 11.0. The van der Waals surface area contributed by atoms with Crippen LogP contribution in [0, 0.1) is 6.92 Å². The molecule has 0 aromatic heterocycles. The quantitative estimate of drug-likeness (QED) is 0.903. The molecule has 0 aliphatic carbocycles. The van der Waals surface area contributed by atoms with Crippen molar-refractivity contribution in [3.8, 4) is 0 Å². The van der Waals surface area contributed by atoms with Crippen molar-refractivity contribution in [2.75, 3.05) is 11.4 Å². The van der Waals surface area contributed by atoms with Crippen molar-refractivity contribution < 1.29 is 9.90 Å².